The second-order valence-corrected chi connectivity index (χ2v) is 4.34. The summed E-state index contributed by atoms with van der Waals surface area (Å²) in [5.41, 5.74) is -0.793. The zero-order valence-corrected chi connectivity index (χ0v) is 9.58. The number of carboxylic acid groups (broad SMARTS) is 1. The smallest absolute Gasteiger partial charge is 0.323 e. The van der Waals surface area contributed by atoms with Crippen molar-refractivity contribution in [2.75, 3.05) is 13.2 Å². The van der Waals surface area contributed by atoms with Gasteiger partial charge in [0.2, 0.25) is 0 Å². The number of hydrogen-bond donors (Lipinski definition) is 2. The molecule has 0 spiro atoms. The van der Waals surface area contributed by atoms with E-state index in [1.54, 1.807) is 6.92 Å². The van der Waals surface area contributed by atoms with Gasteiger partial charge >= 0.3 is 5.97 Å². The molecule has 0 aromatic rings. The first-order valence-corrected chi connectivity index (χ1v) is 5.68. The van der Waals surface area contributed by atoms with E-state index in [0.717, 1.165) is 25.9 Å². The second-order valence-electron chi connectivity index (χ2n) is 4.34. The lowest BCUT2D eigenvalue weighted by molar-refractivity contribution is -0.144. The number of hydrogen-bond acceptors (Lipinski definition) is 3. The van der Waals surface area contributed by atoms with Crippen molar-refractivity contribution in [3.8, 4) is 0 Å². The third kappa shape index (κ3) is 3.47. The maximum atomic E-state index is 11.0. The Morgan fingerprint density at radius 2 is 2.40 bits per heavy atom. The number of aliphatic carboxylic acids is 1. The molecule has 88 valence electrons. The van der Waals surface area contributed by atoms with E-state index in [9.17, 15) is 4.79 Å². The van der Waals surface area contributed by atoms with E-state index < -0.39 is 11.5 Å². The molecule has 4 heteroatoms. The van der Waals surface area contributed by atoms with Crippen molar-refractivity contribution in [3.05, 3.63) is 0 Å². The summed E-state index contributed by atoms with van der Waals surface area (Å²) in [6.45, 7) is 5.17. The average molecular weight is 215 g/mol. The molecule has 2 unspecified atom stereocenters. The molecule has 0 aliphatic carbocycles. The van der Waals surface area contributed by atoms with Crippen LogP contribution in [0.15, 0.2) is 0 Å². The van der Waals surface area contributed by atoms with E-state index in [4.69, 9.17) is 9.84 Å². The minimum atomic E-state index is -0.793. The molecule has 0 saturated carbocycles. The molecular weight excluding hydrogens is 194 g/mol. The Balaban J connectivity index is 2.25. The second kappa shape index (κ2) is 5.47. The van der Waals surface area contributed by atoms with Crippen LogP contribution in [0.5, 0.6) is 0 Å². The van der Waals surface area contributed by atoms with Crippen molar-refractivity contribution in [3.63, 3.8) is 0 Å². The minimum absolute atomic E-state index is 0.326. The number of nitrogens with one attached hydrogen (secondary N) is 1. The Labute approximate surface area is 91.0 Å². The Hall–Kier alpha value is -0.610. The fraction of sp³-hybridized carbons (Fsp3) is 0.909. The van der Waals surface area contributed by atoms with Crippen LogP contribution in [0.2, 0.25) is 0 Å². The molecule has 0 aromatic heterocycles. The number of ether oxygens (including phenoxy) is 1. The van der Waals surface area contributed by atoms with Gasteiger partial charge in [0.25, 0.3) is 0 Å². The van der Waals surface area contributed by atoms with Gasteiger partial charge in [0.15, 0.2) is 0 Å². The molecule has 1 heterocycles. The highest BCUT2D eigenvalue weighted by Crippen LogP contribution is 2.15. The van der Waals surface area contributed by atoms with E-state index in [0.29, 0.717) is 19.1 Å². The van der Waals surface area contributed by atoms with Gasteiger partial charge in [-0.15, -0.1) is 0 Å². The van der Waals surface area contributed by atoms with Gasteiger partial charge in [-0.1, -0.05) is 6.92 Å². The van der Waals surface area contributed by atoms with Gasteiger partial charge in [0, 0.05) is 6.61 Å². The van der Waals surface area contributed by atoms with Gasteiger partial charge in [0.1, 0.15) is 5.54 Å². The number of carboxylic acids is 1. The molecule has 1 rings (SSSR count). The monoisotopic (exact) mass is 215 g/mol. The molecule has 1 aliphatic rings. The molecule has 2 atom stereocenters. The van der Waals surface area contributed by atoms with Crippen LogP contribution in [0.3, 0.4) is 0 Å². The van der Waals surface area contributed by atoms with Crippen molar-refractivity contribution in [2.45, 2.75) is 51.2 Å². The van der Waals surface area contributed by atoms with Crippen molar-refractivity contribution in [1.29, 1.82) is 0 Å². The predicted octanol–water partition coefficient (Wildman–Crippen LogP) is 1.40. The Morgan fingerprint density at radius 3 is 2.87 bits per heavy atom. The van der Waals surface area contributed by atoms with E-state index >= 15 is 0 Å². The molecule has 1 saturated heterocycles. The lowest BCUT2D eigenvalue weighted by Gasteiger charge is -2.25. The van der Waals surface area contributed by atoms with Crippen LogP contribution in [-0.4, -0.2) is 35.9 Å². The molecule has 1 fully saturated rings. The van der Waals surface area contributed by atoms with Gasteiger partial charge in [0.05, 0.1) is 6.10 Å². The maximum absolute atomic E-state index is 11.0. The van der Waals surface area contributed by atoms with Gasteiger partial charge in [-0.25, -0.2) is 0 Å². The first-order chi connectivity index (χ1) is 7.08. The first kappa shape index (κ1) is 12.5. The first-order valence-electron chi connectivity index (χ1n) is 5.68. The number of rotatable bonds is 6. The largest absolute Gasteiger partial charge is 0.480 e. The highest BCUT2D eigenvalue weighted by Gasteiger charge is 2.30. The third-order valence-corrected chi connectivity index (χ3v) is 3.18. The lowest BCUT2D eigenvalue weighted by atomic mass is 9.99. The quantitative estimate of drug-likeness (QED) is 0.703. The molecule has 0 amide bonds. The van der Waals surface area contributed by atoms with Crippen LogP contribution in [-0.2, 0) is 9.53 Å². The van der Waals surface area contributed by atoms with Crippen LogP contribution in [0, 0.1) is 0 Å². The Morgan fingerprint density at radius 1 is 1.67 bits per heavy atom. The van der Waals surface area contributed by atoms with Crippen molar-refractivity contribution >= 4 is 5.97 Å². The van der Waals surface area contributed by atoms with Gasteiger partial charge in [-0.05, 0) is 39.2 Å². The van der Waals surface area contributed by atoms with E-state index in [2.05, 4.69) is 5.32 Å². The summed E-state index contributed by atoms with van der Waals surface area (Å²) in [5.74, 6) is -0.780. The average Bonchev–Trinajstić information content (AvgIpc) is 2.70. The molecular formula is C11H21NO3. The van der Waals surface area contributed by atoms with Crippen molar-refractivity contribution in [1.82, 2.24) is 5.32 Å². The Bertz CT molecular complexity index is 214. The topological polar surface area (TPSA) is 58.6 Å². The molecule has 0 radical (unpaired) electrons. The summed E-state index contributed by atoms with van der Waals surface area (Å²) in [6.07, 6.45) is 4.07. The highest BCUT2D eigenvalue weighted by atomic mass is 16.5. The summed E-state index contributed by atoms with van der Waals surface area (Å²) >= 11 is 0. The normalized spacial score (nSPS) is 25.1. The van der Waals surface area contributed by atoms with Crippen LogP contribution in [0.1, 0.15) is 39.5 Å². The van der Waals surface area contributed by atoms with E-state index in [-0.39, 0.29) is 0 Å². The SMILES string of the molecule is CCC(C)(NCCC1CCCO1)C(=O)O. The van der Waals surface area contributed by atoms with Crippen molar-refractivity contribution in [2.24, 2.45) is 0 Å². The summed E-state index contributed by atoms with van der Waals surface area (Å²) in [4.78, 5) is 11.0. The van der Waals surface area contributed by atoms with Crippen LogP contribution >= 0.6 is 0 Å². The summed E-state index contributed by atoms with van der Waals surface area (Å²) in [6, 6.07) is 0. The predicted molar refractivity (Wildman–Crippen MR) is 57.9 cm³/mol. The van der Waals surface area contributed by atoms with Crippen LogP contribution in [0.4, 0.5) is 0 Å². The van der Waals surface area contributed by atoms with E-state index in [1.807, 2.05) is 6.92 Å². The summed E-state index contributed by atoms with van der Waals surface area (Å²) < 4.78 is 5.47. The van der Waals surface area contributed by atoms with Crippen molar-refractivity contribution < 1.29 is 14.6 Å². The third-order valence-electron chi connectivity index (χ3n) is 3.18. The van der Waals surface area contributed by atoms with Gasteiger partial charge < -0.3 is 15.2 Å². The van der Waals surface area contributed by atoms with Gasteiger partial charge in [-0.3, -0.25) is 4.79 Å². The zero-order chi connectivity index (χ0) is 11.3. The van der Waals surface area contributed by atoms with Crippen LogP contribution < -0.4 is 5.32 Å². The van der Waals surface area contributed by atoms with Crippen LogP contribution in [0.25, 0.3) is 0 Å². The fourth-order valence-electron chi connectivity index (χ4n) is 1.73. The zero-order valence-electron chi connectivity index (χ0n) is 9.58. The summed E-state index contributed by atoms with van der Waals surface area (Å²) in [7, 11) is 0. The number of carbonyl (C=O) groups is 1. The molecule has 0 bridgehead atoms. The standard InChI is InChI=1S/C11H21NO3/c1-3-11(2,10(13)14)12-7-6-9-5-4-8-15-9/h9,12H,3-8H2,1-2H3,(H,13,14). The lowest BCUT2D eigenvalue weighted by Crippen LogP contribution is -2.49. The molecule has 1 aliphatic heterocycles. The molecule has 4 nitrogen and oxygen atoms in total. The minimum Gasteiger partial charge on any atom is -0.480 e. The van der Waals surface area contributed by atoms with E-state index in [1.165, 1.54) is 0 Å². The summed E-state index contributed by atoms with van der Waals surface area (Å²) in [5, 5.41) is 12.1. The molecule has 2 N–H and O–H groups in total. The maximum Gasteiger partial charge on any atom is 0.323 e. The molecule has 0 aromatic carbocycles. The molecule has 15 heavy (non-hydrogen) atoms. The van der Waals surface area contributed by atoms with Gasteiger partial charge in [-0.2, -0.15) is 0 Å². The fourth-order valence-corrected chi connectivity index (χ4v) is 1.73. The highest BCUT2D eigenvalue weighted by molar-refractivity contribution is 5.78. The Kier molecular flexibility index (Phi) is 4.54.